The van der Waals surface area contributed by atoms with Crippen molar-refractivity contribution in [2.75, 3.05) is 14.2 Å². The van der Waals surface area contributed by atoms with E-state index in [9.17, 15) is 9.18 Å². The number of hydrogen-bond acceptors (Lipinski definition) is 5. The second-order valence-corrected chi connectivity index (χ2v) is 6.60. The van der Waals surface area contributed by atoms with Crippen molar-refractivity contribution in [3.05, 3.63) is 102 Å². The first-order valence-corrected chi connectivity index (χ1v) is 9.60. The number of benzene rings is 3. The number of halogens is 1. The van der Waals surface area contributed by atoms with Crippen LogP contribution in [0.15, 0.2) is 79.1 Å². The summed E-state index contributed by atoms with van der Waals surface area (Å²) in [6.45, 7) is 0.423. The molecule has 0 aliphatic heterocycles. The molecule has 0 amide bonds. The molecule has 0 fully saturated rings. The highest BCUT2D eigenvalue weighted by molar-refractivity contribution is 6.16. The van der Waals surface area contributed by atoms with Crippen LogP contribution in [0, 0.1) is 5.82 Å². The molecule has 0 radical (unpaired) electrons. The topological polar surface area (TPSA) is 54.0 Å². The number of hydrogen-bond donors (Lipinski definition) is 0. The molecule has 0 aliphatic carbocycles. The van der Waals surface area contributed by atoms with Gasteiger partial charge in [-0.2, -0.15) is 0 Å². The second kappa shape index (κ2) is 10.8. The lowest BCUT2D eigenvalue weighted by atomic mass is 10.0. The third kappa shape index (κ3) is 6.09. The van der Waals surface area contributed by atoms with Crippen LogP contribution in [0.2, 0.25) is 0 Å². The van der Waals surface area contributed by atoms with Gasteiger partial charge in [0.2, 0.25) is 0 Å². The van der Waals surface area contributed by atoms with E-state index in [1.807, 2.05) is 42.5 Å². The monoisotopic (exact) mass is 422 g/mol. The maximum absolute atomic E-state index is 14.1. The highest BCUT2D eigenvalue weighted by atomic mass is 19.1. The summed E-state index contributed by atoms with van der Waals surface area (Å²) in [7, 11) is 2.75. The standard InChI is InChI=1S/C25H23FO5/c1-28-17-24(25(27)29-2)23-11-7-6-10-19(23)16-31-22-13-20(26)12-21(14-22)30-15-18-8-4-3-5-9-18/h3-14,17H,15-16H2,1-2H3/b24-17-. The molecule has 5 nitrogen and oxygen atoms in total. The van der Waals surface area contributed by atoms with E-state index in [4.69, 9.17) is 18.9 Å². The van der Waals surface area contributed by atoms with Crippen molar-refractivity contribution in [2.24, 2.45) is 0 Å². The highest BCUT2D eigenvalue weighted by Gasteiger charge is 2.17. The first-order chi connectivity index (χ1) is 15.1. The van der Waals surface area contributed by atoms with Gasteiger partial charge in [-0.15, -0.1) is 0 Å². The predicted molar refractivity (Wildman–Crippen MR) is 115 cm³/mol. The summed E-state index contributed by atoms with van der Waals surface area (Å²) in [6.07, 6.45) is 1.32. The quantitative estimate of drug-likeness (QED) is 0.271. The predicted octanol–water partition coefficient (Wildman–Crippen LogP) is 5.14. The first-order valence-electron chi connectivity index (χ1n) is 9.60. The summed E-state index contributed by atoms with van der Waals surface area (Å²) in [5.74, 6) is -0.324. The number of methoxy groups -OCH3 is 2. The van der Waals surface area contributed by atoms with Crippen LogP contribution in [0.4, 0.5) is 4.39 Å². The molecule has 0 aromatic heterocycles. The minimum atomic E-state index is -0.531. The maximum Gasteiger partial charge on any atom is 0.341 e. The van der Waals surface area contributed by atoms with Crippen LogP contribution < -0.4 is 9.47 Å². The molecule has 0 heterocycles. The van der Waals surface area contributed by atoms with Gasteiger partial charge in [-0.05, 0) is 16.7 Å². The maximum atomic E-state index is 14.1. The number of carbonyl (C=O) groups is 1. The molecule has 160 valence electrons. The molecule has 0 atom stereocenters. The highest BCUT2D eigenvalue weighted by Crippen LogP contribution is 2.26. The summed E-state index contributed by atoms with van der Waals surface area (Å²) in [6, 6.07) is 21.0. The van der Waals surface area contributed by atoms with E-state index in [1.165, 1.54) is 32.6 Å². The molecule has 3 aromatic carbocycles. The lowest BCUT2D eigenvalue weighted by molar-refractivity contribution is -0.133. The second-order valence-electron chi connectivity index (χ2n) is 6.60. The average molecular weight is 422 g/mol. The average Bonchev–Trinajstić information content (AvgIpc) is 2.80. The molecule has 31 heavy (non-hydrogen) atoms. The van der Waals surface area contributed by atoms with E-state index in [-0.39, 0.29) is 12.2 Å². The number of esters is 1. The zero-order valence-corrected chi connectivity index (χ0v) is 17.3. The zero-order chi connectivity index (χ0) is 22.1. The normalized spacial score (nSPS) is 11.0. The van der Waals surface area contributed by atoms with Gasteiger partial charge in [-0.1, -0.05) is 54.6 Å². The minimum absolute atomic E-state index is 0.107. The summed E-state index contributed by atoms with van der Waals surface area (Å²) in [5, 5.41) is 0. The Morgan fingerprint density at radius 3 is 2.19 bits per heavy atom. The molecule has 0 bridgehead atoms. The Balaban J connectivity index is 1.75. The molecule has 3 aromatic rings. The SMILES string of the molecule is CO/C=C(\C(=O)OC)c1ccccc1COc1cc(F)cc(OCc2ccccc2)c1. The minimum Gasteiger partial charge on any atom is -0.503 e. The van der Waals surface area contributed by atoms with Gasteiger partial charge >= 0.3 is 5.97 Å². The van der Waals surface area contributed by atoms with E-state index in [0.29, 0.717) is 29.2 Å². The Hall–Kier alpha value is -3.80. The van der Waals surface area contributed by atoms with Crippen LogP contribution in [-0.2, 0) is 27.5 Å². The number of carbonyl (C=O) groups excluding carboxylic acids is 1. The Kier molecular flexibility index (Phi) is 7.65. The van der Waals surface area contributed by atoms with Crippen LogP contribution in [-0.4, -0.2) is 20.2 Å². The molecular weight excluding hydrogens is 399 g/mol. The van der Waals surface area contributed by atoms with Gasteiger partial charge in [0.1, 0.15) is 36.1 Å². The van der Waals surface area contributed by atoms with Crippen molar-refractivity contribution >= 4 is 11.5 Å². The molecule has 0 saturated carbocycles. The third-order valence-corrected chi connectivity index (χ3v) is 4.44. The summed E-state index contributed by atoms with van der Waals surface area (Å²) in [5.41, 5.74) is 2.55. The first kappa shape index (κ1) is 21.9. The van der Waals surface area contributed by atoms with Gasteiger partial charge in [0.25, 0.3) is 0 Å². The molecule has 0 saturated heterocycles. The van der Waals surface area contributed by atoms with Gasteiger partial charge in [0.05, 0.1) is 20.5 Å². The van der Waals surface area contributed by atoms with Crippen molar-refractivity contribution in [1.82, 2.24) is 0 Å². The van der Waals surface area contributed by atoms with Gasteiger partial charge in [0, 0.05) is 18.2 Å². The molecule has 0 aliphatic rings. The zero-order valence-electron chi connectivity index (χ0n) is 17.3. The van der Waals surface area contributed by atoms with Crippen LogP contribution >= 0.6 is 0 Å². The fraction of sp³-hybridized carbons (Fsp3) is 0.160. The Morgan fingerprint density at radius 1 is 0.871 bits per heavy atom. The van der Waals surface area contributed by atoms with Crippen molar-refractivity contribution in [3.63, 3.8) is 0 Å². The smallest absolute Gasteiger partial charge is 0.341 e. The van der Waals surface area contributed by atoms with Crippen LogP contribution in [0.5, 0.6) is 11.5 Å². The van der Waals surface area contributed by atoms with E-state index < -0.39 is 11.8 Å². The Labute approximate surface area is 180 Å². The lowest BCUT2D eigenvalue weighted by Crippen LogP contribution is -2.08. The van der Waals surface area contributed by atoms with Crippen molar-refractivity contribution < 1.29 is 28.1 Å². The molecule has 0 unspecified atom stereocenters. The van der Waals surface area contributed by atoms with Crippen LogP contribution in [0.3, 0.4) is 0 Å². The molecule has 6 heteroatoms. The third-order valence-electron chi connectivity index (χ3n) is 4.44. The Morgan fingerprint density at radius 2 is 1.52 bits per heavy atom. The fourth-order valence-electron chi connectivity index (χ4n) is 2.96. The molecule has 3 rings (SSSR count). The molecular formula is C25H23FO5. The summed E-state index contributed by atoms with van der Waals surface area (Å²) < 4.78 is 35.5. The summed E-state index contributed by atoms with van der Waals surface area (Å²) in [4.78, 5) is 12.1. The number of rotatable bonds is 9. The van der Waals surface area contributed by atoms with Gasteiger partial charge in [-0.3, -0.25) is 0 Å². The lowest BCUT2D eigenvalue weighted by Gasteiger charge is -2.14. The van der Waals surface area contributed by atoms with Crippen molar-refractivity contribution in [2.45, 2.75) is 13.2 Å². The van der Waals surface area contributed by atoms with Gasteiger partial charge < -0.3 is 18.9 Å². The van der Waals surface area contributed by atoms with Crippen molar-refractivity contribution in [1.29, 1.82) is 0 Å². The van der Waals surface area contributed by atoms with Crippen molar-refractivity contribution in [3.8, 4) is 11.5 Å². The van der Waals surface area contributed by atoms with E-state index in [2.05, 4.69) is 0 Å². The van der Waals surface area contributed by atoms with E-state index in [0.717, 1.165) is 5.56 Å². The van der Waals surface area contributed by atoms with Gasteiger partial charge in [-0.25, -0.2) is 9.18 Å². The van der Waals surface area contributed by atoms with E-state index >= 15 is 0 Å². The van der Waals surface area contributed by atoms with Crippen LogP contribution in [0.25, 0.3) is 5.57 Å². The van der Waals surface area contributed by atoms with E-state index in [1.54, 1.807) is 18.2 Å². The summed E-state index contributed by atoms with van der Waals surface area (Å²) >= 11 is 0. The van der Waals surface area contributed by atoms with Gasteiger partial charge in [0.15, 0.2) is 0 Å². The largest absolute Gasteiger partial charge is 0.503 e. The van der Waals surface area contributed by atoms with Crippen LogP contribution in [0.1, 0.15) is 16.7 Å². The number of ether oxygens (including phenoxy) is 4. The molecule has 0 N–H and O–H groups in total. The molecule has 0 spiro atoms. The Bertz CT molecular complexity index is 1050. The fourth-order valence-corrected chi connectivity index (χ4v) is 2.96.